The van der Waals surface area contributed by atoms with Crippen molar-refractivity contribution in [2.75, 3.05) is 0 Å². The van der Waals surface area contributed by atoms with Crippen LogP contribution in [0.15, 0.2) is 48.0 Å². The molecule has 1 unspecified atom stereocenters. The molecule has 0 heteroatoms. The van der Waals surface area contributed by atoms with E-state index in [-0.39, 0.29) is 5.41 Å². The topological polar surface area (TPSA) is 0 Å². The van der Waals surface area contributed by atoms with Crippen molar-refractivity contribution in [3.8, 4) is 11.1 Å². The number of benzene rings is 2. The molecule has 2 aromatic carbocycles. The minimum atomic E-state index is 0.210. The first kappa shape index (κ1) is 17.5. The van der Waals surface area contributed by atoms with Crippen molar-refractivity contribution < 1.29 is 0 Å². The molecule has 23 heavy (non-hydrogen) atoms. The van der Waals surface area contributed by atoms with Crippen molar-refractivity contribution in [2.45, 2.75) is 59.8 Å². The quantitative estimate of drug-likeness (QED) is 0.522. The van der Waals surface area contributed by atoms with E-state index in [1.807, 2.05) is 13.8 Å². The van der Waals surface area contributed by atoms with Gasteiger partial charge in [-0.3, -0.25) is 0 Å². The van der Waals surface area contributed by atoms with Crippen LogP contribution in [-0.4, -0.2) is 0 Å². The summed E-state index contributed by atoms with van der Waals surface area (Å²) in [5.74, 6) is 0.550. The van der Waals surface area contributed by atoms with E-state index >= 15 is 0 Å². The highest BCUT2D eigenvalue weighted by atomic mass is 14.2. The lowest BCUT2D eigenvalue weighted by Gasteiger charge is -2.19. The molecule has 0 saturated heterocycles. The molecule has 0 aromatic heterocycles. The third-order valence-electron chi connectivity index (χ3n) is 4.72. The summed E-state index contributed by atoms with van der Waals surface area (Å²) in [6.07, 6.45) is 2.35. The van der Waals surface area contributed by atoms with Crippen LogP contribution in [0, 0.1) is 0 Å². The SMILES string of the molecule is CC.CC1=Cc2c(-c3ccc(C(C)(C)C)cc3)cccc2C1C. The van der Waals surface area contributed by atoms with Crippen LogP contribution in [0.3, 0.4) is 0 Å². The van der Waals surface area contributed by atoms with Crippen LogP contribution in [0.1, 0.15) is 71.1 Å². The molecule has 0 spiro atoms. The van der Waals surface area contributed by atoms with E-state index in [1.165, 1.54) is 33.4 Å². The predicted octanol–water partition coefficient (Wildman–Crippen LogP) is 7.20. The zero-order chi connectivity index (χ0) is 17.2. The molecule has 122 valence electrons. The molecule has 0 bridgehead atoms. The van der Waals surface area contributed by atoms with E-state index < -0.39 is 0 Å². The summed E-state index contributed by atoms with van der Waals surface area (Å²) >= 11 is 0. The van der Waals surface area contributed by atoms with Gasteiger partial charge in [0.05, 0.1) is 0 Å². The first-order valence-electron chi connectivity index (χ1n) is 8.80. The second-order valence-corrected chi connectivity index (χ2v) is 7.25. The molecule has 0 amide bonds. The van der Waals surface area contributed by atoms with Gasteiger partial charge < -0.3 is 0 Å². The standard InChI is InChI=1S/C21H24.C2H6/c1-14-13-20-18(15(14)2)7-6-8-19(20)16-9-11-17(12-10-16)21(3,4)5;1-2/h6-13,15H,1-5H3;1-2H3. The van der Waals surface area contributed by atoms with Crippen LogP contribution in [-0.2, 0) is 5.41 Å². The lowest BCUT2D eigenvalue weighted by Crippen LogP contribution is -2.10. The summed E-state index contributed by atoms with van der Waals surface area (Å²) in [5.41, 5.74) is 8.61. The van der Waals surface area contributed by atoms with Crippen molar-refractivity contribution in [1.29, 1.82) is 0 Å². The number of hydrogen-bond acceptors (Lipinski definition) is 0. The van der Waals surface area contributed by atoms with Gasteiger partial charge in [0.25, 0.3) is 0 Å². The molecule has 0 heterocycles. The van der Waals surface area contributed by atoms with E-state index in [0.717, 1.165) is 0 Å². The van der Waals surface area contributed by atoms with Crippen molar-refractivity contribution >= 4 is 6.08 Å². The van der Waals surface area contributed by atoms with Gasteiger partial charge in [0.15, 0.2) is 0 Å². The summed E-state index contributed by atoms with van der Waals surface area (Å²) in [4.78, 5) is 0. The lowest BCUT2D eigenvalue weighted by atomic mass is 9.85. The van der Waals surface area contributed by atoms with Gasteiger partial charge in [0.2, 0.25) is 0 Å². The van der Waals surface area contributed by atoms with Gasteiger partial charge in [-0.15, -0.1) is 0 Å². The number of fused-ring (bicyclic) bond motifs is 1. The van der Waals surface area contributed by atoms with Crippen LogP contribution < -0.4 is 0 Å². The largest absolute Gasteiger partial charge is 0.0683 e. The van der Waals surface area contributed by atoms with E-state index in [1.54, 1.807) is 0 Å². The van der Waals surface area contributed by atoms with Crippen molar-refractivity contribution in [1.82, 2.24) is 0 Å². The molecule has 2 aromatic rings. The second-order valence-electron chi connectivity index (χ2n) is 7.25. The first-order valence-corrected chi connectivity index (χ1v) is 8.80. The van der Waals surface area contributed by atoms with Crippen LogP contribution >= 0.6 is 0 Å². The molecular weight excluding hydrogens is 276 g/mol. The lowest BCUT2D eigenvalue weighted by molar-refractivity contribution is 0.590. The fraction of sp³-hybridized carbons (Fsp3) is 0.391. The van der Waals surface area contributed by atoms with Crippen LogP contribution in [0.4, 0.5) is 0 Å². The zero-order valence-electron chi connectivity index (χ0n) is 15.7. The Kier molecular flexibility index (Phi) is 5.14. The third-order valence-corrected chi connectivity index (χ3v) is 4.72. The Balaban J connectivity index is 0.000000924. The highest BCUT2D eigenvalue weighted by Crippen LogP contribution is 2.40. The Morgan fingerprint density at radius 1 is 0.870 bits per heavy atom. The molecular formula is C23H30. The number of hydrogen-bond donors (Lipinski definition) is 0. The molecule has 0 radical (unpaired) electrons. The maximum absolute atomic E-state index is 2.35. The first-order chi connectivity index (χ1) is 10.9. The summed E-state index contributed by atoms with van der Waals surface area (Å²) < 4.78 is 0. The van der Waals surface area contributed by atoms with Gasteiger partial charge in [-0.1, -0.05) is 95.7 Å². The van der Waals surface area contributed by atoms with Crippen LogP contribution in [0.5, 0.6) is 0 Å². The molecule has 0 aliphatic heterocycles. The minimum absolute atomic E-state index is 0.210. The summed E-state index contributed by atoms with van der Waals surface area (Å²) in [6.45, 7) is 15.3. The van der Waals surface area contributed by atoms with Gasteiger partial charge in [0, 0.05) is 5.92 Å². The Labute approximate surface area is 142 Å². The van der Waals surface area contributed by atoms with Gasteiger partial charge in [0.1, 0.15) is 0 Å². The average molecular weight is 306 g/mol. The van der Waals surface area contributed by atoms with E-state index in [9.17, 15) is 0 Å². The van der Waals surface area contributed by atoms with E-state index in [2.05, 4.69) is 83.2 Å². The highest BCUT2D eigenvalue weighted by Gasteiger charge is 2.21. The van der Waals surface area contributed by atoms with Gasteiger partial charge in [-0.2, -0.15) is 0 Å². The minimum Gasteiger partial charge on any atom is -0.0683 e. The predicted molar refractivity (Wildman–Crippen MR) is 104 cm³/mol. The monoisotopic (exact) mass is 306 g/mol. The number of allylic oxidation sites excluding steroid dienone is 1. The molecule has 1 aliphatic rings. The molecule has 0 saturated carbocycles. The smallest absolute Gasteiger partial charge is 0.00265 e. The molecule has 0 fully saturated rings. The second kappa shape index (κ2) is 6.74. The Bertz CT molecular complexity index is 694. The van der Waals surface area contributed by atoms with Crippen molar-refractivity contribution in [2.24, 2.45) is 0 Å². The highest BCUT2D eigenvalue weighted by molar-refractivity contribution is 5.81. The van der Waals surface area contributed by atoms with Gasteiger partial charge in [-0.25, -0.2) is 0 Å². The molecule has 1 atom stereocenters. The summed E-state index contributed by atoms with van der Waals surface area (Å²) in [7, 11) is 0. The molecule has 0 N–H and O–H groups in total. The van der Waals surface area contributed by atoms with Gasteiger partial charge in [-0.05, 0) is 40.2 Å². The van der Waals surface area contributed by atoms with Crippen LogP contribution in [0.2, 0.25) is 0 Å². The number of rotatable bonds is 1. The Hall–Kier alpha value is -1.82. The molecule has 0 nitrogen and oxygen atoms in total. The normalized spacial score (nSPS) is 16.3. The summed E-state index contributed by atoms with van der Waals surface area (Å²) in [6, 6.07) is 15.8. The van der Waals surface area contributed by atoms with E-state index in [4.69, 9.17) is 0 Å². The molecule has 3 rings (SSSR count). The van der Waals surface area contributed by atoms with Crippen LogP contribution in [0.25, 0.3) is 17.2 Å². The Morgan fingerprint density at radius 3 is 2.04 bits per heavy atom. The van der Waals surface area contributed by atoms with Crippen molar-refractivity contribution in [3.05, 3.63) is 64.7 Å². The zero-order valence-corrected chi connectivity index (χ0v) is 15.7. The fourth-order valence-electron chi connectivity index (χ4n) is 3.12. The van der Waals surface area contributed by atoms with E-state index in [0.29, 0.717) is 5.92 Å². The maximum atomic E-state index is 2.35. The maximum Gasteiger partial charge on any atom is 0.00265 e. The van der Waals surface area contributed by atoms with Crippen molar-refractivity contribution in [3.63, 3.8) is 0 Å². The summed E-state index contributed by atoms with van der Waals surface area (Å²) in [5, 5.41) is 0. The molecule has 1 aliphatic carbocycles. The third kappa shape index (κ3) is 3.42. The Morgan fingerprint density at radius 2 is 1.48 bits per heavy atom. The fourth-order valence-corrected chi connectivity index (χ4v) is 3.12. The van der Waals surface area contributed by atoms with Gasteiger partial charge >= 0.3 is 0 Å². The average Bonchev–Trinajstić information content (AvgIpc) is 2.84.